The first-order chi connectivity index (χ1) is 9.17. The number of carbonyl (C=O) groups excluding carboxylic acids is 1. The minimum Gasteiger partial charge on any atom is -0.326 e. The van der Waals surface area contributed by atoms with Crippen LogP contribution in [0.25, 0.3) is 0 Å². The maximum Gasteiger partial charge on any atom is 0.228 e. The molecule has 0 saturated carbocycles. The van der Waals surface area contributed by atoms with Crippen molar-refractivity contribution < 1.29 is 4.79 Å². The second-order valence-corrected chi connectivity index (χ2v) is 4.84. The molecular formula is C16H16ClNO. The molecule has 0 radical (unpaired) electrons. The summed E-state index contributed by atoms with van der Waals surface area (Å²) >= 11 is 5.79. The lowest BCUT2D eigenvalue weighted by Crippen LogP contribution is -2.14. The lowest BCUT2D eigenvalue weighted by atomic mass is 10.1. The number of carbonyl (C=O) groups is 1. The van der Waals surface area contributed by atoms with Crippen LogP contribution in [0.2, 0.25) is 5.02 Å². The van der Waals surface area contributed by atoms with Crippen LogP contribution in [-0.2, 0) is 17.6 Å². The van der Waals surface area contributed by atoms with Crippen LogP contribution in [0.3, 0.4) is 0 Å². The lowest BCUT2D eigenvalue weighted by molar-refractivity contribution is -0.115. The molecule has 0 unspecified atom stereocenters. The van der Waals surface area contributed by atoms with Gasteiger partial charge in [0.15, 0.2) is 0 Å². The van der Waals surface area contributed by atoms with E-state index in [1.807, 2.05) is 12.1 Å². The van der Waals surface area contributed by atoms with Gasteiger partial charge < -0.3 is 5.32 Å². The number of halogens is 1. The van der Waals surface area contributed by atoms with Crippen molar-refractivity contribution in [2.45, 2.75) is 19.8 Å². The van der Waals surface area contributed by atoms with Crippen molar-refractivity contribution in [3.8, 4) is 0 Å². The van der Waals surface area contributed by atoms with Crippen LogP contribution in [0.15, 0.2) is 48.5 Å². The molecule has 0 atom stereocenters. The number of rotatable bonds is 4. The van der Waals surface area contributed by atoms with E-state index >= 15 is 0 Å². The highest BCUT2D eigenvalue weighted by Crippen LogP contribution is 2.14. The zero-order chi connectivity index (χ0) is 13.7. The number of nitrogens with one attached hydrogen (secondary N) is 1. The fourth-order valence-corrected chi connectivity index (χ4v) is 1.94. The van der Waals surface area contributed by atoms with E-state index in [2.05, 4.69) is 24.4 Å². The number of hydrogen-bond acceptors (Lipinski definition) is 1. The van der Waals surface area contributed by atoms with Gasteiger partial charge in [-0.05, 0) is 41.8 Å². The smallest absolute Gasteiger partial charge is 0.228 e. The molecular weight excluding hydrogens is 258 g/mol. The minimum absolute atomic E-state index is 0.0217. The SMILES string of the molecule is CCc1ccc(CC(=O)Nc2ccc(Cl)cc2)cc1. The summed E-state index contributed by atoms with van der Waals surface area (Å²) < 4.78 is 0. The third kappa shape index (κ3) is 4.11. The number of hydrogen-bond donors (Lipinski definition) is 1. The molecule has 0 fully saturated rings. The Kier molecular flexibility index (Phi) is 4.58. The van der Waals surface area contributed by atoms with Crippen molar-refractivity contribution in [3.63, 3.8) is 0 Å². The van der Waals surface area contributed by atoms with Crippen LogP contribution >= 0.6 is 11.6 Å². The number of benzene rings is 2. The van der Waals surface area contributed by atoms with Gasteiger partial charge in [-0.3, -0.25) is 4.79 Å². The summed E-state index contributed by atoms with van der Waals surface area (Å²) in [4.78, 5) is 11.9. The van der Waals surface area contributed by atoms with Crippen molar-refractivity contribution in [2.24, 2.45) is 0 Å². The highest BCUT2D eigenvalue weighted by molar-refractivity contribution is 6.30. The van der Waals surface area contributed by atoms with E-state index in [1.165, 1.54) is 5.56 Å². The maximum absolute atomic E-state index is 11.9. The van der Waals surface area contributed by atoms with Gasteiger partial charge >= 0.3 is 0 Å². The van der Waals surface area contributed by atoms with E-state index < -0.39 is 0 Å². The molecule has 2 rings (SSSR count). The van der Waals surface area contributed by atoms with Crippen LogP contribution in [0.5, 0.6) is 0 Å². The zero-order valence-electron chi connectivity index (χ0n) is 10.8. The van der Waals surface area contributed by atoms with E-state index in [9.17, 15) is 4.79 Å². The van der Waals surface area contributed by atoms with Gasteiger partial charge in [0, 0.05) is 10.7 Å². The predicted octanol–water partition coefficient (Wildman–Crippen LogP) is 4.08. The summed E-state index contributed by atoms with van der Waals surface area (Å²) in [6, 6.07) is 15.2. The Morgan fingerprint density at radius 3 is 2.16 bits per heavy atom. The standard InChI is InChI=1S/C16H16ClNO/c1-2-12-3-5-13(6-4-12)11-16(19)18-15-9-7-14(17)8-10-15/h3-10H,2,11H2,1H3,(H,18,19). The van der Waals surface area contributed by atoms with Crippen molar-refractivity contribution in [1.82, 2.24) is 0 Å². The molecule has 0 aromatic heterocycles. The fraction of sp³-hybridized carbons (Fsp3) is 0.188. The topological polar surface area (TPSA) is 29.1 Å². The Morgan fingerprint density at radius 1 is 1.00 bits per heavy atom. The van der Waals surface area contributed by atoms with Crippen LogP contribution in [-0.4, -0.2) is 5.91 Å². The van der Waals surface area contributed by atoms with Crippen LogP contribution in [0, 0.1) is 0 Å². The quantitative estimate of drug-likeness (QED) is 0.893. The molecule has 19 heavy (non-hydrogen) atoms. The van der Waals surface area contributed by atoms with Gasteiger partial charge in [-0.15, -0.1) is 0 Å². The molecule has 0 aliphatic carbocycles. The number of aryl methyl sites for hydroxylation is 1. The molecule has 3 heteroatoms. The summed E-state index contributed by atoms with van der Waals surface area (Å²) in [7, 11) is 0. The second kappa shape index (κ2) is 6.39. The van der Waals surface area contributed by atoms with Gasteiger partial charge in [0.25, 0.3) is 0 Å². The van der Waals surface area contributed by atoms with Crippen LogP contribution in [0.4, 0.5) is 5.69 Å². The summed E-state index contributed by atoms with van der Waals surface area (Å²) in [5, 5.41) is 3.51. The Morgan fingerprint density at radius 2 is 1.58 bits per heavy atom. The van der Waals surface area contributed by atoms with Gasteiger partial charge in [-0.2, -0.15) is 0 Å². The van der Waals surface area contributed by atoms with E-state index in [0.717, 1.165) is 17.7 Å². The lowest BCUT2D eigenvalue weighted by Gasteiger charge is -2.06. The molecule has 0 aliphatic heterocycles. The third-order valence-electron chi connectivity index (χ3n) is 2.92. The molecule has 0 saturated heterocycles. The van der Waals surface area contributed by atoms with E-state index in [4.69, 9.17) is 11.6 Å². The number of amides is 1. The minimum atomic E-state index is -0.0217. The van der Waals surface area contributed by atoms with Gasteiger partial charge in [0.05, 0.1) is 6.42 Å². The molecule has 1 amide bonds. The predicted molar refractivity (Wildman–Crippen MR) is 79.6 cm³/mol. The van der Waals surface area contributed by atoms with Gasteiger partial charge in [0.2, 0.25) is 5.91 Å². The molecule has 0 heterocycles. The van der Waals surface area contributed by atoms with Crippen molar-refractivity contribution in [3.05, 3.63) is 64.7 Å². The van der Waals surface area contributed by atoms with Crippen molar-refractivity contribution >= 4 is 23.2 Å². The van der Waals surface area contributed by atoms with Crippen molar-refractivity contribution in [1.29, 1.82) is 0 Å². The first-order valence-corrected chi connectivity index (χ1v) is 6.68. The first kappa shape index (κ1) is 13.6. The molecule has 0 spiro atoms. The van der Waals surface area contributed by atoms with Crippen LogP contribution < -0.4 is 5.32 Å². The largest absolute Gasteiger partial charge is 0.326 e. The average Bonchev–Trinajstić information content (AvgIpc) is 2.42. The summed E-state index contributed by atoms with van der Waals surface area (Å²) in [5.74, 6) is -0.0217. The summed E-state index contributed by atoms with van der Waals surface area (Å²) in [5.41, 5.74) is 3.06. The Hall–Kier alpha value is -1.80. The van der Waals surface area contributed by atoms with Crippen LogP contribution in [0.1, 0.15) is 18.1 Å². The van der Waals surface area contributed by atoms with Gasteiger partial charge in [-0.25, -0.2) is 0 Å². The van der Waals surface area contributed by atoms with E-state index in [0.29, 0.717) is 11.4 Å². The Balaban J connectivity index is 1.95. The molecule has 2 aromatic carbocycles. The first-order valence-electron chi connectivity index (χ1n) is 6.30. The van der Waals surface area contributed by atoms with Crippen molar-refractivity contribution in [2.75, 3.05) is 5.32 Å². The van der Waals surface area contributed by atoms with E-state index in [1.54, 1.807) is 24.3 Å². The van der Waals surface area contributed by atoms with Gasteiger partial charge in [-0.1, -0.05) is 42.8 Å². The summed E-state index contributed by atoms with van der Waals surface area (Å²) in [6.07, 6.45) is 1.39. The maximum atomic E-state index is 11.9. The van der Waals surface area contributed by atoms with E-state index in [-0.39, 0.29) is 5.91 Å². The average molecular weight is 274 g/mol. The zero-order valence-corrected chi connectivity index (χ0v) is 11.6. The molecule has 0 bridgehead atoms. The molecule has 98 valence electrons. The molecule has 0 aliphatic rings. The fourth-order valence-electron chi connectivity index (χ4n) is 1.82. The normalized spacial score (nSPS) is 10.2. The second-order valence-electron chi connectivity index (χ2n) is 4.40. The van der Waals surface area contributed by atoms with Gasteiger partial charge in [0.1, 0.15) is 0 Å². The Labute approximate surface area is 118 Å². The number of anilines is 1. The highest BCUT2D eigenvalue weighted by Gasteiger charge is 2.04. The summed E-state index contributed by atoms with van der Waals surface area (Å²) in [6.45, 7) is 2.11. The molecule has 1 N–H and O–H groups in total. The Bertz CT molecular complexity index is 546. The monoisotopic (exact) mass is 273 g/mol. The third-order valence-corrected chi connectivity index (χ3v) is 3.18. The highest BCUT2D eigenvalue weighted by atomic mass is 35.5. The molecule has 2 aromatic rings. The molecule has 2 nitrogen and oxygen atoms in total.